The highest BCUT2D eigenvalue weighted by atomic mass is 28.5. The zero-order valence-electron chi connectivity index (χ0n) is 37.5. The van der Waals surface area contributed by atoms with Crippen molar-refractivity contribution in [1.82, 2.24) is 0 Å². The van der Waals surface area contributed by atoms with E-state index in [1.807, 2.05) is 71.2 Å². The summed E-state index contributed by atoms with van der Waals surface area (Å²) < 4.78 is 79.1. The minimum absolute atomic E-state index is 1.44. The summed E-state index contributed by atoms with van der Waals surface area (Å²) in [6, 6.07) is 0. The molecule has 0 radical (unpaired) electrons. The van der Waals surface area contributed by atoms with Gasteiger partial charge in [0, 0.05) is 0 Å². The van der Waals surface area contributed by atoms with Gasteiger partial charge in [-0.3, -0.25) is 0 Å². The first-order valence-electron chi connectivity index (χ1n) is 18.0. The molecular weight excluding hydrogens is 865 g/mol. The van der Waals surface area contributed by atoms with Crippen molar-refractivity contribution in [3.63, 3.8) is 0 Å². The lowest BCUT2D eigenvalue weighted by atomic mass is 11.2. The van der Waals surface area contributed by atoms with E-state index in [2.05, 4.69) is 105 Å². The summed E-state index contributed by atoms with van der Waals surface area (Å²) in [4.78, 5) is 0. The Labute approximate surface area is 332 Å². The van der Waals surface area contributed by atoms with Crippen molar-refractivity contribution in [2.75, 3.05) is 0 Å². The largest absolute Gasteiger partial charge is 0.528 e. The van der Waals surface area contributed by atoms with E-state index in [-0.39, 0.29) is 0 Å². The average molecular weight is 944 g/mol. The molecule has 0 N–H and O–H groups in total. The smallest absolute Gasteiger partial charge is 0.383 e. The van der Waals surface area contributed by atoms with E-state index in [0.717, 1.165) is 0 Å². The minimum Gasteiger partial charge on any atom is -0.528 e. The molecule has 310 valence electrons. The van der Waals surface area contributed by atoms with Gasteiger partial charge in [0.05, 0.1) is 6.26 Å². The van der Waals surface area contributed by atoms with Gasteiger partial charge in [0.15, 0.2) is 8.32 Å². The van der Waals surface area contributed by atoms with Crippen molar-refractivity contribution in [3.05, 3.63) is 25.1 Å². The Bertz CT molecular complexity index is 1190. The van der Waals surface area contributed by atoms with Crippen LogP contribution in [0.3, 0.4) is 0 Å². The summed E-state index contributed by atoms with van der Waals surface area (Å²) in [6.45, 7) is 56.9. The van der Waals surface area contributed by atoms with E-state index in [9.17, 15) is 0 Å². The molecule has 0 unspecified atom stereocenters. The molecule has 0 heterocycles. The third kappa shape index (κ3) is 23.6. The zero-order chi connectivity index (χ0) is 41.9. The van der Waals surface area contributed by atoms with Gasteiger partial charge in [-0.15, -0.1) is 6.58 Å². The summed E-state index contributed by atoms with van der Waals surface area (Å²) in [6.07, 6.45) is 1.44. The van der Waals surface area contributed by atoms with Crippen LogP contribution in [0.25, 0.3) is 0 Å². The molecule has 0 aliphatic heterocycles. The zero-order valence-corrected chi connectivity index (χ0v) is 49.5. The van der Waals surface area contributed by atoms with Gasteiger partial charge in [0.25, 0.3) is 0 Å². The van der Waals surface area contributed by atoms with Gasteiger partial charge in [-0.1, -0.05) is 12.3 Å². The van der Waals surface area contributed by atoms with Crippen molar-refractivity contribution < 1.29 is 49.7 Å². The second kappa shape index (κ2) is 18.2. The first kappa shape index (κ1) is 53.4. The van der Waals surface area contributed by atoms with Gasteiger partial charge in [-0.25, -0.2) is 0 Å². The fourth-order valence-electron chi connectivity index (χ4n) is 7.03. The second-order valence-corrected chi connectivity index (χ2v) is 62.2. The van der Waals surface area contributed by atoms with Gasteiger partial charge in [0.1, 0.15) is 0 Å². The van der Waals surface area contributed by atoms with Gasteiger partial charge in [-0.05, 0) is 157 Å². The number of hydrogen-bond donors (Lipinski definition) is 0. The van der Waals surface area contributed by atoms with Crippen LogP contribution in [-0.4, -0.2) is 102 Å². The molecule has 0 aromatic carbocycles. The van der Waals surface area contributed by atoms with Gasteiger partial charge < -0.3 is 49.7 Å². The first-order chi connectivity index (χ1) is 22.4. The molecule has 0 bridgehead atoms. The van der Waals surface area contributed by atoms with E-state index < -0.39 is 102 Å². The van der Waals surface area contributed by atoms with Crippen molar-refractivity contribution in [3.8, 4) is 0 Å². The van der Waals surface area contributed by atoms with Gasteiger partial charge in [0.2, 0.25) is 0 Å². The van der Waals surface area contributed by atoms with E-state index in [1.165, 1.54) is 6.26 Å². The molecule has 0 aromatic rings. The third-order valence-electron chi connectivity index (χ3n) is 6.28. The van der Waals surface area contributed by atoms with Crippen LogP contribution in [0.1, 0.15) is 0 Å². The lowest BCUT2D eigenvalue weighted by Crippen LogP contribution is -2.62. The van der Waals surface area contributed by atoms with E-state index in [0.29, 0.717) is 0 Å². The molecular formula is C28H78O12Si12. The molecule has 0 spiro atoms. The van der Waals surface area contributed by atoms with Crippen molar-refractivity contribution in [2.24, 2.45) is 0 Å². The lowest BCUT2D eigenvalue weighted by Gasteiger charge is -2.45. The average Bonchev–Trinajstić information content (AvgIpc) is 2.68. The summed E-state index contributed by atoms with van der Waals surface area (Å²) in [5.41, 5.74) is 1.94. The molecule has 0 amide bonds. The summed E-state index contributed by atoms with van der Waals surface area (Å²) in [5, 5.41) is 0. The van der Waals surface area contributed by atoms with Gasteiger partial charge >= 0.3 is 94.2 Å². The maximum absolute atomic E-state index is 6.80. The topological polar surface area (TPSA) is 111 Å². The van der Waals surface area contributed by atoms with Crippen LogP contribution in [0, 0.1) is 0 Å². The van der Waals surface area contributed by atoms with Crippen LogP contribution in [-0.2, 0) is 49.7 Å². The van der Waals surface area contributed by atoms with Crippen molar-refractivity contribution in [2.45, 2.75) is 157 Å². The van der Waals surface area contributed by atoms with Crippen LogP contribution >= 0.6 is 0 Å². The SMILES string of the molecule is C=CO[Si](C)(C)O[Si](C)(C)O[Si](C)(C)O[Si](C)(C)O[Si](C)(C)O[Si](C)(C)O[Si](C)(C)O[Si](C)(C)O[Si](C)(C)O[Si](C)(C)O[Si](C)(C)O[Si](C)(C)C=C. The number of hydrogen-bond acceptors (Lipinski definition) is 12. The Morgan fingerprint density at radius 3 is 0.558 bits per heavy atom. The highest BCUT2D eigenvalue weighted by Crippen LogP contribution is 2.31. The summed E-state index contributed by atoms with van der Waals surface area (Å²) in [5.74, 6) is 0. The molecule has 0 atom stereocenters. The minimum atomic E-state index is -2.74. The molecule has 0 aliphatic rings. The highest BCUT2D eigenvalue weighted by Gasteiger charge is 2.51. The van der Waals surface area contributed by atoms with E-state index >= 15 is 0 Å². The van der Waals surface area contributed by atoms with Crippen LogP contribution in [0.5, 0.6) is 0 Å². The third-order valence-corrected chi connectivity index (χ3v) is 51.4. The maximum atomic E-state index is 6.80. The molecule has 0 fully saturated rings. The first-order valence-corrected chi connectivity index (χ1v) is 52.0. The molecule has 0 saturated carbocycles. The quantitative estimate of drug-likeness (QED) is 0.0642. The lowest BCUT2D eigenvalue weighted by molar-refractivity contribution is 0.251. The Morgan fingerprint density at radius 1 is 0.250 bits per heavy atom. The van der Waals surface area contributed by atoms with E-state index in [4.69, 9.17) is 49.7 Å². The molecule has 0 rings (SSSR count). The maximum Gasteiger partial charge on any atom is 0.383 e. The Morgan fingerprint density at radius 2 is 0.404 bits per heavy atom. The predicted molar refractivity (Wildman–Crippen MR) is 243 cm³/mol. The monoisotopic (exact) mass is 942 g/mol. The molecule has 0 aromatic heterocycles. The number of rotatable bonds is 25. The Balaban J connectivity index is 5.60. The van der Waals surface area contributed by atoms with Gasteiger partial charge in [-0.2, -0.15) is 0 Å². The normalized spacial score (nSPS) is 15.5. The van der Waals surface area contributed by atoms with Crippen LogP contribution in [0.15, 0.2) is 25.1 Å². The molecule has 0 saturated heterocycles. The van der Waals surface area contributed by atoms with Crippen LogP contribution < -0.4 is 0 Å². The molecule has 52 heavy (non-hydrogen) atoms. The highest BCUT2D eigenvalue weighted by molar-refractivity contribution is 6.94. The molecule has 24 heteroatoms. The fraction of sp³-hybridized carbons (Fsp3) is 0.857. The van der Waals surface area contributed by atoms with Crippen LogP contribution in [0.2, 0.25) is 157 Å². The standard InChI is InChI=1S/C28H78O12Si12/c1-27-29-42(5,6)31-44(9,10)33-46(13,14)35-48(17,18)37-50(21,22)39-52(25,26)40-51(23,24)38-49(19,20)36-47(15,16)34-45(11,12)32-43(7,8)30-41(3,4)28-2/h27-28H,1-2H2,3-26H3. The van der Waals surface area contributed by atoms with Crippen LogP contribution in [0.4, 0.5) is 0 Å². The molecule has 0 aliphatic carbocycles. The van der Waals surface area contributed by atoms with Crippen molar-refractivity contribution in [1.29, 1.82) is 0 Å². The second-order valence-electron chi connectivity index (χ2n) is 18.6. The molecule has 12 nitrogen and oxygen atoms in total. The Kier molecular flexibility index (Phi) is 18.7. The summed E-state index contributed by atoms with van der Waals surface area (Å²) in [7, 11) is -31.0. The van der Waals surface area contributed by atoms with E-state index in [1.54, 1.807) is 0 Å². The van der Waals surface area contributed by atoms with Crippen molar-refractivity contribution >= 4 is 102 Å². The summed E-state index contributed by atoms with van der Waals surface area (Å²) >= 11 is 0. The Hall–Kier alpha value is 1.44. The fourth-order valence-corrected chi connectivity index (χ4v) is 65.8. The predicted octanol–water partition coefficient (Wildman–Crippen LogP) is 9.98.